The molecule has 1 heterocycles. The average Bonchev–Trinajstić information content (AvgIpc) is 2.47. The summed E-state index contributed by atoms with van der Waals surface area (Å²) in [7, 11) is 1.47. The van der Waals surface area contributed by atoms with E-state index in [1.165, 1.54) is 19.2 Å². The molecule has 0 spiro atoms. The van der Waals surface area contributed by atoms with Crippen LogP contribution in [0.5, 0.6) is 5.88 Å². The molecule has 2 rings (SSSR count). The number of nitrogens with zero attached hydrogens (tertiary/aromatic N) is 1. The van der Waals surface area contributed by atoms with E-state index in [2.05, 4.69) is 10.3 Å². The molecule has 0 fully saturated rings. The van der Waals surface area contributed by atoms with Crippen molar-refractivity contribution in [2.75, 3.05) is 12.4 Å². The van der Waals surface area contributed by atoms with Crippen LogP contribution in [0.4, 0.5) is 11.5 Å². The molecule has 20 heavy (non-hydrogen) atoms. The highest BCUT2D eigenvalue weighted by atomic mass is 16.5. The lowest BCUT2D eigenvalue weighted by atomic mass is 10.2. The molecule has 0 aliphatic rings. The molecule has 0 unspecified atom stereocenters. The molecule has 0 amide bonds. The Balaban J connectivity index is 2.37. The molecule has 0 bridgehead atoms. The van der Waals surface area contributed by atoms with Crippen LogP contribution in [0.1, 0.15) is 15.9 Å². The van der Waals surface area contributed by atoms with Crippen molar-refractivity contribution in [1.29, 1.82) is 0 Å². The second-order valence-corrected chi connectivity index (χ2v) is 4.08. The van der Waals surface area contributed by atoms with Crippen molar-refractivity contribution in [3.8, 4) is 5.88 Å². The topological polar surface area (TPSA) is 97.5 Å². The Morgan fingerprint density at radius 3 is 2.85 bits per heavy atom. The number of hydrogen-bond acceptors (Lipinski definition) is 5. The van der Waals surface area contributed by atoms with Crippen molar-refractivity contribution in [2.24, 2.45) is 5.73 Å². The summed E-state index contributed by atoms with van der Waals surface area (Å²) in [6.45, 7) is 0.410. The number of carbonyl (C=O) groups is 1. The highest BCUT2D eigenvalue weighted by molar-refractivity contribution is 5.94. The van der Waals surface area contributed by atoms with Crippen molar-refractivity contribution < 1.29 is 14.6 Å². The molecule has 6 nitrogen and oxygen atoms in total. The first-order valence-electron chi connectivity index (χ1n) is 5.98. The maximum absolute atomic E-state index is 11.2. The van der Waals surface area contributed by atoms with Crippen molar-refractivity contribution in [2.45, 2.75) is 6.54 Å². The largest absolute Gasteiger partial charge is 0.481 e. The Labute approximate surface area is 116 Å². The number of pyridine rings is 1. The first-order valence-corrected chi connectivity index (χ1v) is 5.98. The number of ether oxygens (including phenoxy) is 1. The maximum atomic E-state index is 11.2. The van der Waals surface area contributed by atoms with Crippen LogP contribution in [0, 0.1) is 0 Å². The molecule has 1 aromatic heterocycles. The normalized spacial score (nSPS) is 10.1. The molecule has 4 N–H and O–H groups in total. The van der Waals surface area contributed by atoms with Crippen molar-refractivity contribution >= 4 is 17.5 Å². The van der Waals surface area contributed by atoms with Crippen LogP contribution >= 0.6 is 0 Å². The summed E-state index contributed by atoms with van der Waals surface area (Å²) in [5.74, 6) is -0.490. The van der Waals surface area contributed by atoms with E-state index in [0.29, 0.717) is 12.4 Å². The number of nitrogens with two attached hydrogens (primary N) is 1. The lowest BCUT2D eigenvalue weighted by Crippen LogP contribution is -2.06. The van der Waals surface area contributed by atoms with Crippen molar-refractivity contribution in [1.82, 2.24) is 4.98 Å². The standard InChI is InChI=1S/C14H15N3O3/c1-20-12-6-5-11(14(18)19)13(17-12)16-10-4-2-3-9(7-10)8-15/h2-7H,8,15H2,1H3,(H,16,17)(H,18,19). The number of aromatic carboxylic acids is 1. The van der Waals surface area contributed by atoms with Crippen LogP contribution in [0.2, 0.25) is 0 Å². The van der Waals surface area contributed by atoms with Crippen LogP contribution in [0.25, 0.3) is 0 Å². The number of anilines is 2. The Hall–Kier alpha value is -2.60. The Morgan fingerprint density at radius 2 is 2.20 bits per heavy atom. The molecule has 104 valence electrons. The molecule has 0 saturated carbocycles. The van der Waals surface area contributed by atoms with Gasteiger partial charge in [0.2, 0.25) is 5.88 Å². The van der Waals surface area contributed by atoms with Gasteiger partial charge < -0.3 is 20.9 Å². The van der Waals surface area contributed by atoms with Gasteiger partial charge in [-0.15, -0.1) is 0 Å². The molecule has 1 aromatic carbocycles. The van der Waals surface area contributed by atoms with E-state index in [0.717, 1.165) is 11.3 Å². The van der Waals surface area contributed by atoms with E-state index in [9.17, 15) is 4.79 Å². The van der Waals surface area contributed by atoms with E-state index in [-0.39, 0.29) is 11.4 Å². The predicted octanol–water partition coefficient (Wildman–Crippen LogP) is 1.99. The maximum Gasteiger partial charge on any atom is 0.339 e. The highest BCUT2D eigenvalue weighted by Crippen LogP contribution is 2.22. The first-order chi connectivity index (χ1) is 9.63. The lowest BCUT2D eigenvalue weighted by Gasteiger charge is -2.11. The van der Waals surface area contributed by atoms with Gasteiger partial charge in [-0.05, 0) is 23.8 Å². The highest BCUT2D eigenvalue weighted by Gasteiger charge is 2.13. The van der Waals surface area contributed by atoms with Gasteiger partial charge in [-0.3, -0.25) is 0 Å². The summed E-state index contributed by atoms with van der Waals surface area (Å²) in [6, 6.07) is 10.3. The summed E-state index contributed by atoms with van der Waals surface area (Å²) in [5, 5.41) is 12.1. The van der Waals surface area contributed by atoms with Gasteiger partial charge in [0.05, 0.1) is 7.11 Å². The quantitative estimate of drug-likeness (QED) is 0.770. The second kappa shape index (κ2) is 6.03. The number of aromatic nitrogens is 1. The van der Waals surface area contributed by atoms with Gasteiger partial charge in [-0.25, -0.2) is 4.79 Å². The third kappa shape index (κ3) is 3.04. The minimum atomic E-state index is -1.06. The number of carboxylic acids is 1. The number of carboxylic acid groups (broad SMARTS) is 1. The smallest absolute Gasteiger partial charge is 0.339 e. The number of hydrogen-bond donors (Lipinski definition) is 3. The Bertz CT molecular complexity index is 629. The van der Waals surface area contributed by atoms with Crippen molar-refractivity contribution in [3.63, 3.8) is 0 Å². The summed E-state index contributed by atoms with van der Waals surface area (Å²) in [4.78, 5) is 15.3. The number of rotatable bonds is 5. The minimum absolute atomic E-state index is 0.0731. The minimum Gasteiger partial charge on any atom is -0.481 e. The Kier molecular flexibility index (Phi) is 4.17. The van der Waals surface area contributed by atoms with Crippen LogP contribution < -0.4 is 15.8 Å². The van der Waals surface area contributed by atoms with Gasteiger partial charge in [0.1, 0.15) is 11.4 Å². The number of methoxy groups -OCH3 is 1. The van der Waals surface area contributed by atoms with E-state index >= 15 is 0 Å². The molecule has 0 saturated heterocycles. The van der Waals surface area contributed by atoms with E-state index in [1.54, 1.807) is 0 Å². The van der Waals surface area contributed by atoms with Gasteiger partial charge in [-0.1, -0.05) is 12.1 Å². The van der Waals surface area contributed by atoms with Gasteiger partial charge in [0.25, 0.3) is 0 Å². The zero-order valence-electron chi connectivity index (χ0n) is 11.0. The van der Waals surface area contributed by atoms with Gasteiger partial charge >= 0.3 is 5.97 Å². The fraction of sp³-hybridized carbons (Fsp3) is 0.143. The van der Waals surface area contributed by atoms with E-state index in [4.69, 9.17) is 15.6 Å². The van der Waals surface area contributed by atoms with Crippen LogP contribution in [0.3, 0.4) is 0 Å². The fourth-order valence-electron chi connectivity index (χ4n) is 1.74. The molecule has 0 atom stereocenters. The Morgan fingerprint density at radius 1 is 1.40 bits per heavy atom. The molecular formula is C14H15N3O3. The summed E-state index contributed by atoms with van der Waals surface area (Å²) in [5.41, 5.74) is 7.31. The van der Waals surface area contributed by atoms with Gasteiger partial charge in [0, 0.05) is 18.3 Å². The van der Waals surface area contributed by atoms with Crippen LogP contribution in [-0.2, 0) is 6.54 Å². The molecule has 0 aliphatic heterocycles. The molecule has 0 aliphatic carbocycles. The molecule has 2 aromatic rings. The predicted molar refractivity (Wildman–Crippen MR) is 75.4 cm³/mol. The number of nitrogens with one attached hydrogen (secondary N) is 1. The van der Waals surface area contributed by atoms with Crippen LogP contribution in [-0.4, -0.2) is 23.2 Å². The van der Waals surface area contributed by atoms with Crippen LogP contribution in [0.15, 0.2) is 36.4 Å². The first kappa shape index (κ1) is 13.8. The third-order valence-electron chi connectivity index (χ3n) is 2.73. The zero-order valence-corrected chi connectivity index (χ0v) is 11.0. The lowest BCUT2D eigenvalue weighted by molar-refractivity contribution is 0.0697. The van der Waals surface area contributed by atoms with E-state index < -0.39 is 5.97 Å². The number of benzene rings is 1. The average molecular weight is 273 g/mol. The molecule has 0 radical (unpaired) electrons. The monoisotopic (exact) mass is 273 g/mol. The molecular weight excluding hydrogens is 258 g/mol. The van der Waals surface area contributed by atoms with Crippen molar-refractivity contribution in [3.05, 3.63) is 47.5 Å². The molecule has 6 heteroatoms. The van der Waals surface area contributed by atoms with Gasteiger partial charge in [-0.2, -0.15) is 4.98 Å². The third-order valence-corrected chi connectivity index (χ3v) is 2.73. The van der Waals surface area contributed by atoms with Gasteiger partial charge in [0.15, 0.2) is 0 Å². The SMILES string of the molecule is COc1ccc(C(=O)O)c(Nc2cccc(CN)c2)n1. The summed E-state index contributed by atoms with van der Waals surface area (Å²) in [6.07, 6.45) is 0. The summed E-state index contributed by atoms with van der Waals surface area (Å²) < 4.78 is 5.01. The fourth-order valence-corrected chi connectivity index (χ4v) is 1.74. The second-order valence-electron chi connectivity index (χ2n) is 4.08. The summed E-state index contributed by atoms with van der Waals surface area (Å²) >= 11 is 0. The zero-order chi connectivity index (χ0) is 14.5. The van der Waals surface area contributed by atoms with E-state index in [1.807, 2.05) is 24.3 Å².